The van der Waals surface area contributed by atoms with Crippen molar-refractivity contribution in [3.8, 4) is 0 Å². The highest BCUT2D eigenvalue weighted by Gasteiger charge is 2.21. The summed E-state index contributed by atoms with van der Waals surface area (Å²) in [4.78, 5) is 55.5. The first-order chi connectivity index (χ1) is 14.7. The Morgan fingerprint density at radius 1 is 1.10 bits per heavy atom. The van der Waals surface area contributed by atoms with Crippen LogP contribution in [-0.2, 0) is 22.4 Å². The molecule has 0 unspecified atom stereocenters. The number of amides is 1. The highest BCUT2D eigenvalue weighted by molar-refractivity contribution is 5.96. The monoisotopic (exact) mass is 427 g/mol. The summed E-state index contributed by atoms with van der Waals surface area (Å²) in [6.07, 6.45) is 0.649. The van der Waals surface area contributed by atoms with Crippen molar-refractivity contribution < 1.29 is 24.6 Å². The molecule has 0 radical (unpaired) electrons. The zero-order valence-corrected chi connectivity index (χ0v) is 16.3. The van der Waals surface area contributed by atoms with Gasteiger partial charge in [-0.3, -0.25) is 19.4 Å². The molecule has 0 saturated carbocycles. The van der Waals surface area contributed by atoms with E-state index in [-0.39, 0.29) is 29.9 Å². The van der Waals surface area contributed by atoms with Crippen molar-refractivity contribution in [2.45, 2.75) is 31.7 Å². The molecule has 2 heterocycles. The lowest BCUT2D eigenvalue weighted by molar-refractivity contribution is -0.140. The minimum Gasteiger partial charge on any atom is -0.481 e. The summed E-state index contributed by atoms with van der Waals surface area (Å²) in [6.45, 7) is 0. The van der Waals surface area contributed by atoms with Crippen molar-refractivity contribution in [3.05, 3.63) is 57.5 Å². The first-order valence-corrected chi connectivity index (χ1v) is 9.44. The van der Waals surface area contributed by atoms with E-state index in [0.717, 1.165) is 11.3 Å². The lowest BCUT2D eigenvalue weighted by Gasteiger charge is -2.13. The first kappa shape index (κ1) is 21.6. The highest BCUT2D eigenvalue weighted by Crippen LogP contribution is 2.13. The number of carboxylic acids is 2. The van der Waals surface area contributed by atoms with Gasteiger partial charge in [-0.15, -0.1) is 0 Å². The van der Waals surface area contributed by atoms with Gasteiger partial charge in [-0.05, 0) is 43.0 Å². The molecule has 11 heteroatoms. The second-order valence-electron chi connectivity index (χ2n) is 7.00. The fourth-order valence-electron chi connectivity index (χ4n) is 3.09. The van der Waals surface area contributed by atoms with E-state index in [1.54, 1.807) is 30.3 Å². The van der Waals surface area contributed by atoms with Crippen LogP contribution in [0.2, 0.25) is 0 Å². The van der Waals surface area contributed by atoms with Crippen LogP contribution < -0.4 is 16.6 Å². The van der Waals surface area contributed by atoms with Gasteiger partial charge in [0.15, 0.2) is 0 Å². The topological polar surface area (TPSA) is 191 Å². The Hall–Kier alpha value is -4.15. The average Bonchev–Trinajstić information content (AvgIpc) is 3.12. The van der Waals surface area contributed by atoms with Crippen molar-refractivity contribution in [1.29, 1.82) is 0 Å². The number of fused-ring (bicyclic) bond motifs is 1. The second kappa shape index (κ2) is 9.11. The maximum absolute atomic E-state index is 12.3. The molecule has 0 saturated heterocycles. The molecule has 3 aromatic rings. The summed E-state index contributed by atoms with van der Waals surface area (Å²) in [6, 6.07) is 7.06. The van der Waals surface area contributed by atoms with E-state index in [4.69, 9.17) is 15.9 Å². The van der Waals surface area contributed by atoms with Gasteiger partial charge in [0.05, 0.1) is 5.39 Å². The predicted octanol–water partition coefficient (Wildman–Crippen LogP) is 0.666. The Bertz CT molecular complexity index is 1180. The number of hydrogen-bond donors (Lipinski definition) is 6. The van der Waals surface area contributed by atoms with Crippen molar-refractivity contribution in [2.24, 2.45) is 0 Å². The summed E-state index contributed by atoms with van der Waals surface area (Å²) in [5, 5.41) is 20.6. The summed E-state index contributed by atoms with van der Waals surface area (Å²) in [5.74, 6) is -2.99. The summed E-state index contributed by atoms with van der Waals surface area (Å²) in [5.41, 5.74) is 7.64. The lowest BCUT2D eigenvalue weighted by Crippen LogP contribution is -2.41. The van der Waals surface area contributed by atoms with Gasteiger partial charge >= 0.3 is 11.9 Å². The molecular weight excluding hydrogens is 406 g/mol. The molecule has 0 aliphatic heterocycles. The Labute approximate surface area is 175 Å². The largest absolute Gasteiger partial charge is 0.481 e. The number of carbonyl (C=O) groups is 3. The molecule has 0 aliphatic rings. The van der Waals surface area contributed by atoms with Gasteiger partial charge in [0.25, 0.3) is 11.5 Å². The molecule has 11 nitrogen and oxygen atoms in total. The third-order valence-corrected chi connectivity index (χ3v) is 4.72. The number of hydrogen-bond acceptors (Lipinski definition) is 6. The minimum atomic E-state index is -1.29. The quantitative estimate of drug-likeness (QED) is 0.287. The van der Waals surface area contributed by atoms with Gasteiger partial charge in [-0.1, -0.05) is 12.1 Å². The fourth-order valence-corrected chi connectivity index (χ4v) is 3.09. The molecule has 31 heavy (non-hydrogen) atoms. The highest BCUT2D eigenvalue weighted by atomic mass is 16.4. The fraction of sp³-hybridized carbons (Fsp3) is 0.250. The number of rotatable bonds is 9. The zero-order valence-electron chi connectivity index (χ0n) is 16.3. The maximum atomic E-state index is 12.3. The molecule has 1 amide bonds. The summed E-state index contributed by atoms with van der Waals surface area (Å²) in [7, 11) is 0. The van der Waals surface area contributed by atoms with Crippen LogP contribution >= 0.6 is 0 Å². The first-order valence-electron chi connectivity index (χ1n) is 9.44. The van der Waals surface area contributed by atoms with Crippen LogP contribution in [0.4, 0.5) is 5.95 Å². The van der Waals surface area contributed by atoms with Gasteiger partial charge in [0.2, 0.25) is 5.95 Å². The summed E-state index contributed by atoms with van der Waals surface area (Å²) >= 11 is 0. The molecular formula is C20H21N5O6. The molecule has 7 N–H and O–H groups in total. The number of carboxylic acid groups (broad SMARTS) is 2. The smallest absolute Gasteiger partial charge is 0.326 e. The predicted molar refractivity (Wildman–Crippen MR) is 111 cm³/mol. The van der Waals surface area contributed by atoms with Crippen LogP contribution in [0, 0.1) is 0 Å². The van der Waals surface area contributed by atoms with E-state index in [0.29, 0.717) is 23.9 Å². The number of aryl methyl sites for hydroxylation is 2. The van der Waals surface area contributed by atoms with Crippen LogP contribution in [-0.4, -0.2) is 49.1 Å². The zero-order chi connectivity index (χ0) is 22.5. The SMILES string of the molecule is Nc1nc2[nH]c(CCc3ccc(C(=O)N[C@@H](CCC(=O)O)C(=O)O)cc3)cc2c(=O)[nH]1. The number of benzene rings is 1. The normalized spacial score (nSPS) is 11.9. The molecule has 1 aromatic carbocycles. The molecule has 0 aliphatic carbocycles. The van der Waals surface area contributed by atoms with Gasteiger partial charge in [0.1, 0.15) is 11.7 Å². The third kappa shape index (κ3) is 5.47. The van der Waals surface area contributed by atoms with E-state index in [2.05, 4.69) is 20.3 Å². The lowest BCUT2D eigenvalue weighted by atomic mass is 10.1. The Balaban J connectivity index is 1.61. The minimum absolute atomic E-state index is 0.0351. The van der Waals surface area contributed by atoms with E-state index >= 15 is 0 Å². The van der Waals surface area contributed by atoms with Crippen LogP contribution in [0.15, 0.2) is 35.1 Å². The number of aliphatic carboxylic acids is 2. The molecule has 3 rings (SSSR count). The number of nitrogens with zero attached hydrogens (tertiary/aromatic N) is 1. The van der Waals surface area contributed by atoms with Gasteiger partial charge < -0.3 is 26.2 Å². The number of nitrogens with two attached hydrogens (primary N) is 1. The van der Waals surface area contributed by atoms with Gasteiger partial charge in [0, 0.05) is 17.7 Å². The van der Waals surface area contributed by atoms with Crippen molar-refractivity contribution in [1.82, 2.24) is 20.3 Å². The average molecular weight is 427 g/mol. The van der Waals surface area contributed by atoms with E-state index < -0.39 is 23.9 Å². The number of aromatic nitrogens is 3. The van der Waals surface area contributed by atoms with Gasteiger partial charge in [-0.2, -0.15) is 4.98 Å². The number of nitrogens with one attached hydrogen (secondary N) is 3. The number of aromatic amines is 2. The number of anilines is 1. The number of carbonyl (C=O) groups excluding carboxylic acids is 1. The Morgan fingerprint density at radius 2 is 1.81 bits per heavy atom. The van der Waals surface area contributed by atoms with Crippen molar-refractivity contribution >= 4 is 34.8 Å². The molecule has 0 spiro atoms. The Kier molecular flexibility index (Phi) is 6.34. The van der Waals surface area contributed by atoms with Crippen molar-refractivity contribution in [3.63, 3.8) is 0 Å². The Morgan fingerprint density at radius 3 is 2.45 bits per heavy atom. The second-order valence-corrected chi connectivity index (χ2v) is 7.00. The van der Waals surface area contributed by atoms with E-state index in [9.17, 15) is 19.2 Å². The van der Waals surface area contributed by atoms with E-state index in [1.165, 1.54) is 0 Å². The molecule has 162 valence electrons. The van der Waals surface area contributed by atoms with Crippen LogP contribution in [0.1, 0.15) is 34.5 Å². The van der Waals surface area contributed by atoms with Crippen molar-refractivity contribution in [2.75, 3.05) is 5.73 Å². The van der Waals surface area contributed by atoms with E-state index in [1.807, 2.05) is 0 Å². The molecule has 2 aromatic heterocycles. The molecule has 0 bridgehead atoms. The molecule has 1 atom stereocenters. The third-order valence-electron chi connectivity index (χ3n) is 4.72. The van der Waals surface area contributed by atoms with Crippen LogP contribution in [0.25, 0.3) is 11.0 Å². The van der Waals surface area contributed by atoms with Crippen LogP contribution in [0.5, 0.6) is 0 Å². The standard InChI is InChI=1S/C20H21N5O6/c21-20-24-16-13(18(29)25-20)9-12(22-16)6-3-10-1-4-11(5-2-10)17(28)23-14(19(30)31)7-8-15(26)27/h1-2,4-5,9,14H,3,6-8H2,(H,23,28)(H,26,27)(H,30,31)(H4,21,22,24,25,29)/t14-/m0/s1. The summed E-state index contributed by atoms with van der Waals surface area (Å²) < 4.78 is 0. The van der Waals surface area contributed by atoms with Gasteiger partial charge in [-0.25, -0.2) is 4.79 Å². The molecule has 0 fully saturated rings. The number of H-pyrrole nitrogens is 2. The number of nitrogen functional groups attached to an aromatic ring is 1. The van der Waals surface area contributed by atoms with Crippen LogP contribution in [0.3, 0.4) is 0 Å². The maximum Gasteiger partial charge on any atom is 0.326 e.